The van der Waals surface area contributed by atoms with Gasteiger partial charge in [0.2, 0.25) is 0 Å². The average Bonchev–Trinajstić information content (AvgIpc) is 2.59. The maximum absolute atomic E-state index is 13.4. The molecule has 1 aromatic heterocycles. The molecule has 1 nitrogen and oxygen atoms in total. The molecule has 1 aliphatic rings. The monoisotopic (exact) mass is 189 g/mol. The van der Waals surface area contributed by atoms with Crippen molar-refractivity contribution in [3.8, 4) is 0 Å². The molecule has 72 valence electrons. The third-order valence-corrected chi connectivity index (χ3v) is 3.08. The summed E-state index contributed by atoms with van der Waals surface area (Å²) < 4.78 is 13.4. The summed E-state index contributed by atoms with van der Waals surface area (Å²) in [6.45, 7) is 0. The Bertz CT molecular complexity index is 484. The molecular weight excluding hydrogens is 177 g/mol. The number of aromatic nitrogens is 1. The highest BCUT2D eigenvalue weighted by atomic mass is 19.1. The summed E-state index contributed by atoms with van der Waals surface area (Å²) in [7, 11) is 0. The lowest BCUT2D eigenvalue weighted by Crippen LogP contribution is -1.99. The Morgan fingerprint density at radius 3 is 2.93 bits per heavy atom. The number of nitrogens with one attached hydrogen (secondary N) is 1. The minimum atomic E-state index is -0.128. The Balaban J connectivity index is 2.36. The fourth-order valence-electron chi connectivity index (χ4n) is 2.39. The van der Waals surface area contributed by atoms with E-state index in [4.69, 9.17) is 0 Å². The van der Waals surface area contributed by atoms with Crippen LogP contribution in [0.15, 0.2) is 18.2 Å². The highest BCUT2D eigenvalue weighted by molar-refractivity contribution is 5.85. The van der Waals surface area contributed by atoms with E-state index in [0.29, 0.717) is 5.52 Å². The van der Waals surface area contributed by atoms with Crippen LogP contribution in [0.5, 0.6) is 0 Å². The van der Waals surface area contributed by atoms with Crippen molar-refractivity contribution in [3.05, 3.63) is 35.3 Å². The van der Waals surface area contributed by atoms with Gasteiger partial charge in [0.1, 0.15) is 5.82 Å². The molecule has 0 fully saturated rings. The average molecular weight is 189 g/mol. The van der Waals surface area contributed by atoms with E-state index in [1.807, 2.05) is 6.07 Å². The van der Waals surface area contributed by atoms with Gasteiger partial charge in [-0.05, 0) is 37.3 Å². The van der Waals surface area contributed by atoms with Crippen LogP contribution in [0.2, 0.25) is 0 Å². The quantitative estimate of drug-likeness (QED) is 0.655. The molecule has 1 aromatic carbocycles. The van der Waals surface area contributed by atoms with Crippen LogP contribution in [0.3, 0.4) is 0 Å². The zero-order valence-corrected chi connectivity index (χ0v) is 7.94. The molecule has 2 aromatic rings. The summed E-state index contributed by atoms with van der Waals surface area (Å²) in [5, 5.41) is 1.08. The Morgan fingerprint density at radius 2 is 2.00 bits per heavy atom. The third kappa shape index (κ3) is 0.999. The standard InChI is InChI=1S/C12H12FN/c13-10-6-3-5-9-8-4-1-2-7-11(8)14-12(9)10/h3,5-6,14H,1-2,4,7H2. The molecule has 2 heteroatoms. The van der Waals surface area contributed by atoms with Crippen molar-refractivity contribution in [2.45, 2.75) is 25.7 Å². The van der Waals surface area contributed by atoms with Crippen LogP contribution < -0.4 is 0 Å². The predicted molar refractivity (Wildman–Crippen MR) is 54.9 cm³/mol. The molecule has 0 unspecified atom stereocenters. The topological polar surface area (TPSA) is 15.8 Å². The predicted octanol–water partition coefficient (Wildman–Crippen LogP) is 3.19. The summed E-state index contributed by atoms with van der Waals surface area (Å²) in [4.78, 5) is 3.21. The zero-order valence-electron chi connectivity index (χ0n) is 7.94. The molecule has 0 bridgehead atoms. The minimum Gasteiger partial charge on any atom is -0.356 e. The molecule has 0 saturated carbocycles. The number of para-hydroxylation sites is 1. The summed E-state index contributed by atoms with van der Waals surface area (Å²) in [6.07, 6.45) is 4.63. The number of hydrogen-bond donors (Lipinski definition) is 1. The Kier molecular flexibility index (Phi) is 1.63. The van der Waals surface area contributed by atoms with Crippen molar-refractivity contribution in [3.63, 3.8) is 0 Å². The molecule has 0 radical (unpaired) electrons. The number of fused-ring (bicyclic) bond motifs is 3. The Labute approximate surface area is 81.9 Å². The number of aryl methyl sites for hydroxylation is 2. The van der Waals surface area contributed by atoms with Crippen LogP contribution >= 0.6 is 0 Å². The van der Waals surface area contributed by atoms with Gasteiger partial charge in [-0.25, -0.2) is 4.39 Å². The number of rotatable bonds is 0. The minimum absolute atomic E-state index is 0.128. The molecule has 0 atom stereocenters. The number of halogens is 1. The Morgan fingerprint density at radius 1 is 1.14 bits per heavy atom. The van der Waals surface area contributed by atoms with Crippen LogP contribution in [-0.4, -0.2) is 4.98 Å². The fraction of sp³-hybridized carbons (Fsp3) is 0.333. The second kappa shape index (κ2) is 2.84. The van der Waals surface area contributed by atoms with E-state index < -0.39 is 0 Å². The van der Waals surface area contributed by atoms with Crippen LogP contribution in [-0.2, 0) is 12.8 Å². The molecule has 1 aliphatic carbocycles. The van der Waals surface area contributed by atoms with E-state index in [1.165, 1.54) is 30.2 Å². The second-order valence-corrected chi connectivity index (χ2v) is 3.95. The lowest BCUT2D eigenvalue weighted by Gasteiger charge is -2.10. The fourth-order valence-corrected chi connectivity index (χ4v) is 2.39. The van der Waals surface area contributed by atoms with Gasteiger partial charge in [0.05, 0.1) is 5.52 Å². The normalized spacial score (nSPS) is 15.8. The summed E-state index contributed by atoms with van der Waals surface area (Å²) >= 11 is 0. The van der Waals surface area contributed by atoms with Crippen molar-refractivity contribution in [1.29, 1.82) is 0 Å². The smallest absolute Gasteiger partial charge is 0.147 e. The first kappa shape index (κ1) is 8.04. The van der Waals surface area contributed by atoms with Crippen LogP contribution in [0.1, 0.15) is 24.1 Å². The lowest BCUT2D eigenvalue weighted by atomic mass is 9.96. The van der Waals surface area contributed by atoms with Gasteiger partial charge >= 0.3 is 0 Å². The van der Waals surface area contributed by atoms with Gasteiger partial charge in [-0.1, -0.05) is 12.1 Å². The zero-order chi connectivity index (χ0) is 9.54. The third-order valence-electron chi connectivity index (χ3n) is 3.08. The Hall–Kier alpha value is -1.31. The maximum atomic E-state index is 13.4. The SMILES string of the molecule is Fc1cccc2c3c([nH]c12)CCCC3. The summed E-state index contributed by atoms with van der Waals surface area (Å²) in [5.41, 5.74) is 3.28. The molecule has 0 amide bonds. The molecular formula is C12H12FN. The van der Waals surface area contributed by atoms with Crippen molar-refractivity contribution in [2.24, 2.45) is 0 Å². The largest absolute Gasteiger partial charge is 0.356 e. The molecule has 0 saturated heterocycles. The van der Waals surface area contributed by atoms with E-state index >= 15 is 0 Å². The van der Waals surface area contributed by atoms with E-state index in [-0.39, 0.29) is 5.82 Å². The van der Waals surface area contributed by atoms with Gasteiger partial charge in [-0.3, -0.25) is 0 Å². The van der Waals surface area contributed by atoms with Gasteiger partial charge in [0.25, 0.3) is 0 Å². The number of H-pyrrole nitrogens is 1. The molecule has 14 heavy (non-hydrogen) atoms. The first-order chi connectivity index (χ1) is 6.86. The van der Waals surface area contributed by atoms with Gasteiger partial charge in [-0.2, -0.15) is 0 Å². The maximum Gasteiger partial charge on any atom is 0.147 e. The second-order valence-electron chi connectivity index (χ2n) is 3.95. The summed E-state index contributed by atoms with van der Waals surface area (Å²) in [6, 6.07) is 5.32. The van der Waals surface area contributed by atoms with Gasteiger partial charge < -0.3 is 4.98 Å². The molecule has 0 aliphatic heterocycles. The highest BCUT2D eigenvalue weighted by Crippen LogP contribution is 2.29. The summed E-state index contributed by atoms with van der Waals surface area (Å²) in [5.74, 6) is -0.128. The van der Waals surface area contributed by atoms with E-state index in [9.17, 15) is 4.39 Å². The van der Waals surface area contributed by atoms with E-state index in [1.54, 1.807) is 6.07 Å². The first-order valence-electron chi connectivity index (χ1n) is 5.14. The van der Waals surface area contributed by atoms with Crippen molar-refractivity contribution in [2.75, 3.05) is 0 Å². The first-order valence-corrected chi connectivity index (χ1v) is 5.14. The number of aromatic amines is 1. The molecule has 0 spiro atoms. The van der Waals surface area contributed by atoms with Crippen LogP contribution in [0.4, 0.5) is 4.39 Å². The van der Waals surface area contributed by atoms with Gasteiger partial charge in [0, 0.05) is 11.1 Å². The van der Waals surface area contributed by atoms with Crippen molar-refractivity contribution in [1.82, 2.24) is 4.98 Å². The van der Waals surface area contributed by atoms with Crippen molar-refractivity contribution < 1.29 is 4.39 Å². The number of benzene rings is 1. The molecule has 3 rings (SSSR count). The lowest BCUT2D eigenvalue weighted by molar-refractivity contribution is 0.636. The molecule has 1 N–H and O–H groups in total. The van der Waals surface area contributed by atoms with Crippen LogP contribution in [0, 0.1) is 5.82 Å². The van der Waals surface area contributed by atoms with E-state index in [0.717, 1.165) is 18.2 Å². The van der Waals surface area contributed by atoms with Crippen LogP contribution in [0.25, 0.3) is 10.9 Å². The number of hydrogen-bond acceptors (Lipinski definition) is 0. The van der Waals surface area contributed by atoms with Gasteiger partial charge in [-0.15, -0.1) is 0 Å². The molecule has 1 heterocycles. The van der Waals surface area contributed by atoms with Gasteiger partial charge in [0.15, 0.2) is 0 Å². The van der Waals surface area contributed by atoms with Crippen molar-refractivity contribution >= 4 is 10.9 Å². The van der Waals surface area contributed by atoms with E-state index in [2.05, 4.69) is 4.98 Å². The highest BCUT2D eigenvalue weighted by Gasteiger charge is 2.16.